The standard InChI is InChI=1S/C5H11Cl2NO3/c6-5(7)8(11,1-3-9)2-4-10/h5,9-10H,1-4H2. The number of hydroxylamine groups is 3. The Labute approximate surface area is 75.1 Å². The van der Waals surface area contributed by atoms with E-state index in [0.29, 0.717) is 0 Å². The summed E-state index contributed by atoms with van der Waals surface area (Å²) in [5.74, 6) is 0. The Morgan fingerprint density at radius 1 is 1.18 bits per heavy atom. The molecule has 0 saturated heterocycles. The third-order valence-corrected chi connectivity index (χ3v) is 2.02. The van der Waals surface area contributed by atoms with Crippen molar-refractivity contribution in [2.45, 2.75) is 4.96 Å². The predicted octanol–water partition coefficient (Wildman–Crippen LogP) is 0.0468. The van der Waals surface area contributed by atoms with Gasteiger partial charge in [0.2, 0.25) is 4.96 Å². The smallest absolute Gasteiger partial charge is 0.241 e. The highest BCUT2D eigenvalue weighted by Crippen LogP contribution is 2.18. The first-order chi connectivity index (χ1) is 5.06. The maximum atomic E-state index is 11.4. The molecule has 0 saturated carbocycles. The van der Waals surface area contributed by atoms with Crippen LogP contribution in [-0.2, 0) is 0 Å². The highest BCUT2D eigenvalue weighted by molar-refractivity contribution is 6.43. The van der Waals surface area contributed by atoms with Gasteiger partial charge >= 0.3 is 0 Å². The Balaban J connectivity index is 4.01. The average molecular weight is 204 g/mol. The van der Waals surface area contributed by atoms with Gasteiger partial charge in [0.05, 0.1) is 13.2 Å². The second-order valence-electron chi connectivity index (χ2n) is 2.12. The zero-order valence-electron chi connectivity index (χ0n) is 5.91. The van der Waals surface area contributed by atoms with Crippen LogP contribution < -0.4 is 0 Å². The van der Waals surface area contributed by atoms with Crippen LogP contribution in [0.5, 0.6) is 0 Å². The SMILES string of the molecule is [O-][N+](CCO)(CCO)C(Cl)Cl. The van der Waals surface area contributed by atoms with Crippen LogP contribution in [0, 0.1) is 5.21 Å². The van der Waals surface area contributed by atoms with Crippen LogP contribution in [0.3, 0.4) is 0 Å². The second kappa shape index (κ2) is 5.13. The van der Waals surface area contributed by atoms with Crippen molar-refractivity contribution in [3.05, 3.63) is 5.21 Å². The van der Waals surface area contributed by atoms with Crippen molar-refractivity contribution in [1.82, 2.24) is 0 Å². The van der Waals surface area contributed by atoms with E-state index >= 15 is 0 Å². The predicted molar refractivity (Wildman–Crippen MR) is 43.0 cm³/mol. The Morgan fingerprint density at radius 2 is 1.55 bits per heavy atom. The minimum Gasteiger partial charge on any atom is -0.631 e. The summed E-state index contributed by atoms with van der Waals surface area (Å²) < 4.78 is -0.976. The molecule has 0 bridgehead atoms. The summed E-state index contributed by atoms with van der Waals surface area (Å²) in [5.41, 5.74) is 0. The maximum Gasteiger partial charge on any atom is 0.241 e. The summed E-state index contributed by atoms with van der Waals surface area (Å²) in [6.07, 6.45) is 0. The van der Waals surface area contributed by atoms with E-state index in [2.05, 4.69) is 0 Å². The molecule has 6 heteroatoms. The summed E-state index contributed by atoms with van der Waals surface area (Å²) in [6.45, 7) is -0.782. The Bertz CT molecular complexity index is 106. The molecular formula is C5H11Cl2NO3. The lowest BCUT2D eigenvalue weighted by Gasteiger charge is -2.42. The zero-order chi connectivity index (χ0) is 8.91. The van der Waals surface area contributed by atoms with Gasteiger partial charge in [0.1, 0.15) is 13.1 Å². The van der Waals surface area contributed by atoms with Gasteiger partial charge < -0.3 is 20.1 Å². The molecule has 4 nitrogen and oxygen atoms in total. The second-order valence-corrected chi connectivity index (χ2v) is 3.17. The normalized spacial score (nSPS) is 12.5. The van der Waals surface area contributed by atoms with Crippen LogP contribution in [0.4, 0.5) is 0 Å². The Morgan fingerprint density at radius 3 is 1.73 bits per heavy atom. The van der Waals surface area contributed by atoms with Crippen LogP contribution >= 0.6 is 23.2 Å². The summed E-state index contributed by atoms with van der Waals surface area (Å²) >= 11 is 10.7. The molecule has 0 aromatic rings. The number of alkyl halides is 2. The first kappa shape index (κ1) is 11.4. The Kier molecular flexibility index (Phi) is 5.33. The van der Waals surface area contributed by atoms with Crippen LogP contribution in [0.15, 0.2) is 0 Å². The molecule has 0 aliphatic rings. The van der Waals surface area contributed by atoms with Crippen LogP contribution in [-0.4, -0.2) is 46.1 Å². The van der Waals surface area contributed by atoms with E-state index in [1.54, 1.807) is 0 Å². The van der Waals surface area contributed by atoms with Gasteiger partial charge in [-0.05, 0) is 23.2 Å². The van der Waals surface area contributed by atoms with E-state index < -0.39 is 9.61 Å². The van der Waals surface area contributed by atoms with E-state index in [-0.39, 0.29) is 26.3 Å². The number of aliphatic hydroxyl groups is 2. The average Bonchev–Trinajstić information content (AvgIpc) is 1.88. The van der Waals surface area contributed by atoms with Gasteiger partial charge in [0.25, 0.3) is 0 Å². The van der Waals surface area contributed by atoms with Crippen LogP contribution in [0.1, 0.15) is 0 Å². The van der Waals surface area contributed by atoms with Gasteiger partial charge in [-0.15, -0.1) is 0 Å². The first-order valence-electron chi connectivity index (χ1n) is 3.14. The number of halogens is 2. The quantitative estimate of drug-likeness (QED) is 0.288. The lowest BCUT2D eigenvalue weighted by atomic mass is 10.5. The molecular weight excluding hydrogens is 193 g/mol. The number of rotatable bonds is 5. The van der Waals surface area contributed by atoms with Gasteiger partial charge in [0.15, 0.2) is 0 Å². The fourth-order valence-corrected chi connectivity index (χ4v) is 1.04. The van der Waals surface area contributed by atoms with Crippen molar-refractivity contribution in [1.29, 1.82) is 0 Å². The van der Waals surface area contributed by atoms with Crippen LogP contribution in [0.25, 0.3) is 0 Å². The molecule has 0 heterocycles. The molecule has 68 valence electrons. The minimum atomic E-state index is -1.16. The largest absolute Gasteiger partial charge is 0.631 e. The fourth-order valence-electron chi connectivity index (χ4n) is 0.646. The van der Waals surface area contributed by atoms with E-state index in [1.165, 1.54) is 0 Å². The molecule has 0 atom stereocenters. The van der Waals surface area contributed by atoms with Gasteiger partial charge in [-0.25, -0.2) is 0 Å². The van der Waals surface area contributed by atoms with Gasteiger partial charge in [-0.1, -0.05) is 0 Å². The van der Waals surface area contributed by atoms with Crippen molar-refractivity contribution < 1.29 is 14.9 Å². The molecule has 0 aliphatic heterocycles. The molecule has 0 aromatic carbocycles. The third kappa shape index (κ3) is 3.55. The lowest BCUT2D eigenvalue weighted by Crippen LogP contribution is -2.49. The summed E-state index contributed by atoms with van der Waals surface area (Å²) in [5, 5.41) is 28.3. The van der Waals surface area contributed by atoms with Gasteiger partial charge in [-0.2, -0.15) is 0 Å². The molecule has 0 aromatic heterocycles. The Hall–Kier alpha value is 0.420. The lowest BCUT2D eigenvalue weighted by molar-refractivity contribution is -0.881. The molecule has 2 N–H and O–H groups in total. The minimum absolute atomic E-state index is 0.0990. The summed E-state index contributed by atoms with van der Waals surface area (Å²) in [6, 6.07) is 0. The number of aliphatic hydroxyl groups excluding tert-OH is 2. The van der Waals surface area contributed by atoms with E-state index in [0.717, 1.165) is 0 Å². The molecule has 0 fully saturated rings. The highest BCUT2D eigenvalue weighted by atomic mass is 35.5. The monoisotopic (exact) mass is 203 g/mol. The summed E-state index contributed by atoms with van der Waals surface area (Å²) in [7, 11) is 0. The molecule has 0 rings (SSSR count). The third-order valence-electron chi connectivity index (χ3n) is 1.31. The van der Waals surface area contributed by atoms with E-state index in [4.69, 9.17) is 33.4 Å². The van der Waals surface area contributed by atoms with Gasteiger partial charge in [0, 0.05) is 0 Å². The van der Waals surface area contributed by atoms with Gasteiger partial charge in [-0.3, -0.25) is 0 Å². The molecule has 0 amide bonds. The highest BCUT2D eigenvalue weighted by Gasteiger charge is 2.23. The zero-order valence-corrected chi connectivity index (χ0v) is 7.42. The van der Waals surface area contributed by atoms with E-state index in [9.17, 15) is 5.21 Å². The number of hydrogen-bond donors (Lipinski definition) is 2. The maximum absolute atomic E-state index is 11.4. The molecule has 0 radical (unpaired) electrons. The number of quaternary nitrogens is 1. The first-order valence-corrected chi connectivity index (χ1v) is 4.01. The summed E-state index contributed by atoms with van der Waals surface area (Å²) in [4.78, 5) is -1.16. The van der Waals surface area contributed by atoms with E-state index in [1.807, 2.05) is 0 Å². The van der Waals surface area contributed by atoms with Crippen molar-refractivity contribution in [2.75, 3.05) is 26.3 Å². The number of hydrogen-bond acceptors (Lipinski definition) is 3. The van der Waals surface area contributed by atoms with Crippen molar-refractivity contribution in [2.24, 2.45) is 0 Å². The van der Waals surface area contributed by atoms with Crippen LogP contribution in [0.2, 0.25) is 0 Å². The van der Waals surface area contributed by atoms with Crippen molar-refractivity contribution in [3.8, 4) is 0 Å². The topological polar surface area (TPSA) is 63.5 Å². The molecule has 11 heavy (non-hydrogen) atoms. The molecule has 0 unspecified atom stereocenters. The fraction of sp³-hybridized carbons (Fsp3) is 1.00. The van der Waals surface area contributed by atoms with Crippen molar-refractivity contribution >= 4 is 23.2 Å². The molecule has 0 aliphatic carbocycles. The van der Waals surface area contributed by atoms with Crippen molar-refractivity contribution in [3.63, 3.8) is 0 Å². The number of nitrogens with zero attached hydrogens (tertiary/aromatic N) is 1. The molecule has 0 spiro atoms.